The van der Waals surface area contributed by atoms with Gasteiger partial charge in [-0.25, -0.2) is 4.79 Å². The number of carbonyl (C=O) groups is 6. The monoisotopic (exact) mass is 779 g/mol. The summed E-state index contributed by atoms with van der Waals surface area (Å²) < 4.78 is 5.66. The second-order valence-corrected chi connectivity index (χ2v) is 19.0. The average molecular weight is 779 g/mol. The standard InChI is InChI=1S/C40H74N8O7/c1-22(2)35(16,43-30(51)37(18,24(5)6)45-32(53)39(20,26(9)10)47-48-41)28(49)42-36(17,23(3)4)29(50)44-38(19,25(7)8)31(52)46-40(21,27(11)12)33(54)55-34(13,14)15/h22-27H,1-21H3,(H,42,49)(H,43,51)(H,44,50)(H,45,53)(H,46,52)/t35-,36-,37-,38-,39-,40-/m0/s1. The largest absolute Gasteiger partial charge is 0.458 e. The van der Waals surface area contributed by atoms with E-state index in [1.54, 1.807) is 132 Å². The third-order valence-electron chi connectivity index (χ3n) is 12.2. The summed E-state index contributed by atoms with van der Waals surface area (Å²) in [6.45, 7) is 35.5. The van der Waals surface area contributed by atoms with Gasteiger partial charge in [-0.2, -0.15) is 0 Å². The highest BCUT2D eigenvalue weighted by Gasteiger charge is 2.52. The van der Waals surface area contributed by atoms with Crippen molar-refractivity contribution in [2.24, 2.45) is 40.6 Å². The molecule has 0 aliphatic carbocycles. The Morgan fingerprint density at radius 1 is 0.436 bits per heavy atom. The van der Waals surface area contributed by atoms with Crippen molar-refractivity contribution in [3.63, 3.8) is 0 Å². The molecule has 0 aromatic carbocycles. The Morgan fingerprint density at radius 3 is 0.873 bits per heavy atom. The van der Waals surface area contributed by atoms with E-state index in [9.17, 15) is 34.3 Å². The lowest BCUT2D eigenvalue weighted by atomic mass is 9.79. The molecule has 0 radical (unpaired) electrons. The molecule has 316 valence electrons. The summed E-state index contributed by atoms with van der Waals surface area (Å²) in [4.78, 5) is 87.0. The van der Waals surface area contributed by atoms with Crippen molar-refractivity contribution in [1.82, 2.24) is 26.6 Å². The minimum absolute atomic E-state index is 0.376. The maximum atomic E-state index is 14.4. The van der Waals surface area contributed by atoms with Crippen LogP contribution >= 0.6 is 0 Å². The lowest BCUT2D eigenvalue weighted by molar-refractivity contribution is -0.167. The van der Waals surface area contributed by atoms with Gasteiger partial charge in [0.1, 0.15) is 38.8 Å². The Bertz CT molecular complexity index is 1500. The summed E-state index contributed by atoms with van der Waals surface area (Å²) >= 11 is 0. The van der Waals surface area contributed by atoms with E-state index in [4.69, 9.17) is 4.74 Å². The van der Waals surface area contributed by atoms with Crippen LogP contribution in [-0.4, -0.2) is 74.3 Å². The number of nitrogens with zero attached hydrogens (tertiary/aromatic N) is 3. The summed E-state index contributed by atoms with van der Waals surface area (Å²) in [7, 11) is 0. The van der Waals surface area contributed by atoms with Gasteiger partial charge in [0.25, 0.3) is 0 Å². The molecule has 0 aliphatic rings. The van der Waals surface area contributed by atoms with Gasteiger partial charge in [-0.05, 0) is 103 Å². The second-order valence-electron chi connectivity index (χ2n) is 19.0. The molecule has 5 N–H and O–H groups in total. The summed E-state index contributed by atoms with van der Waals surface area (Å²) in [5.74, 6) is -6.62. The molecule has 0 aliphatic heterocycles. The first-order valence-corrected chi connectivity index (χ1v) is 19.4. The maximum Gasteiger partial charge on any atom is 0.332 e. The zero-order valence-electron chi connectivity index (χ0n) is 37.7. The molecule has 0 saturated heterocycles. The molecular weight excluding hydrogens is 704 g/mol. The molecule has 0 spiro atoms. The van der Waals surface area contributed by atoms with Crippen LogP contribution in [0, 0.1) is 35.5 Å². The highest BCUT2D eigenvalue weighted by molar-refractivity contribution is 6.02. The number of hydrogen-bond donors (Lipinski definition) is 5. The van der Waals surface area contributed by atoms with E-state index in [1.165, 1.54) is 13.8 Å². The van der Waals surface area contributed by atoms with Gasteiger partial charge in [-0.15, -0.1) is 0 Å². The zero-order chi connectivity index (χ0) is 44.1. The normalized spacial score (nSPS) is 18.7. The third kappa shape index (κ3) is 11.1. The lowest BCUT2D eigenvalue weighted by Crippen LogP contribution is -2.73. The number of hydrogen-bond acceptors (Lipinski definition) is 8. The van der Waals surface area contributed by atoms with Crippen molar-refractivity contribution in [2.75, 3.05) is 0 Å². The van der Waals surface area contributed by atoms with E-state index in [0.29, 0.717) is 0 Å². The smallest absolute Gasteiger partial charge is 0.332 e. The van der Waals surface area contributed by atoms with Gasteiger partial charge >= 0.3 is 5.97 Å². The fraction of sp³-hybridized carbons (Fsp3) is 0.850. The van der Waals surface area contributed by atoms with Crippen molar-refractivity contribution in [3.8, 4) is 0 Å². The van der Waals surface area contributed by atoms with Crippen LogP contribution in [0.2, 0.25) is 0 Å². The van der Waals surface area contributed by atoms with E-state index in [1.807, 2.05) is 0 Å². The molecule has 0 heterocycles. The van der Waals surface area contributed by atoms with E-state index < -0.39 is 104 Å². The zero-order valence-corrected chi connectivity index (χ0v) is 37.7. The van der Waals surface area contributed by atoms with Gasteiger partial charge in [0, 0.05) is 4.91 Å². The predicted molar refractivity (Wildman–Crippen MR) is 215 cm³/mol. The maximum absolute atomic E-state index is 14.4. The molecule has 5 amide bonds. The van der Waals surface area contributed by atoms with Gasteiger partial charge < -0.3 is 31.3 Å². The Hall–Kier alpha value is -3.87. The first kappa shape index (κ1) is 51.1. The minimum Gasteiger partial charge on any atom is -0.458 e. The highest BCUT2D eigenvalue weighted by atomic mass is 16.6. The summed E-state index contributed by atoms with van der Waals surface area (Å²) in [5, 5.41) is 18.1. The van der Waals surface area contributed by atoms with E-state index >= 15 is 0 Å². The molecule has 6 atom stereocenters. The molecule has 0 aromatic rings. The van der Waals surface area contributed by atoms with Gasteiger partial charge in [-0.1, -0.05) is 88.2 Å². The summed E-state index contributed by atoms with van der Waals surface area (Å²) in [6, 6.07) is 0. The Kier molecular flexibility index (Phi) is 16.7. The van der Waals surface area contributed by atoms with Crippen LogP contribution in [0.5, 0.6) is 0 Å². The summed E-state index contributed by atoms with van der Waals surface area (Å²) in [5.41, 5.74) is -0.868. The van der Waals surface area contributed by atoms with Crippen LogP contribution in [0.25, 0.3) is 10.4 Å². The number of ether oxygens (including phenoxy) is 1. The quantitative estimate of drug-likeness (QED) is 0.0505. The fourth-order valence-electron chi connectivity index (χ4n) is 5.01. The Morgan fingerprint density at radius 2 is 0.673 bits per heavy atom. The number of rotatable bonds is 18. The lowest BCUT2D eigenvalue weighted by Gasteiger charge is -2.44. The van der Waals surface area contributed by atoms with Crippen molar-refractivity contribution >= 4 is 35.5 Å². The van der Waals surface area contributed by atoms with Gasteiger partial charge in [0.05, 0.1) is 0 Å². The van der Waals surface area contributed by atoms with Gasteiger partial charge in [0.15, 0.2) is 0 Å². The number of carbonyl (C=O) groups excluding carboxylic acids is 6. The van der Waals surface area contributed by atoms with Crippen molar-refractivity contribution in [3.05, 3.63) is 10.4 Å². The molecule has 0 aromatic heterocycles. The number of azide groups is 1. The topological polar surface area (TPSA) is 221 Å². The van der Waals surface area contributed by atoms with Crippen LogP contribution in [0.15, 0.2) is 5.11 Å². The summed E-state index contributed by atoms with van der Waals surface area (Å²) in [6.07, 6.45) is 0. The SMILES string of the molecule is CC(C)[C@](C)(N=[N+]=[N-])C(=O)N[C@](C)(C(=O)N[C@](C)(C(=O)N[C@](C)(C(=O)N[C@](C)(C(=O)N[C@](C)(C(=O)OC(C)(C)C)C(C)C)C(C)C)C(C)C)C(C)C)C(C)C. The Labute approximate surface area is 330 Å². The first-order valence-electron chi connectivity index (χ1n) is 19.4. The van der Waals surface area contributed by atoms with E-state index in [-0.39, 0.29) is 5.92 Å². The van der Waals surface area contributed by atoms with Crippen molar-refractivity contribution in [2.45, 2.75) is 184 Å². The Balaban J connectivity index is 6.84. The molecular formula is C40H74N8O7. The van der Waals surface area contributed by atoms with Crippen LogP contribution in [-0.2, 0) is 33.5 Å². The fourth-order valence-corrected chi connectivity index (χ4v) is 5.01. The van der Waals surface area contributed by atoms with Crippen LogP contribution < -0.4 is 26.6 Å². The predicted octanol–water partition coefficient (Wildman–Crippen LogP) is 5.71. The van der Waals surface area contributed by atoms with E-state index in [0.717, 1.165) is 0 Å². The second kappa shape index (κ2) is 17.9. The number of amides is 5. The van der Waals surface area contributed by atoms with Crippen molar-refractivity contribution < 1.29 is 33.5 Å². The first-order chi connectivity index (χ1) is 24.5. The molecule has 0 bridgehead atoms. The average Bonchev–Trinajstić information content (AvgIpc) is 3.02. The number of esters is 1. The van der Waals surface area contributed by atoms with E-state index in [2.05, 4.69) is 36.6 Å². The van der Waals surface area contributed by atoms with Crippen LogP contribution in [0.4, 0.5) is 0 Å². The highest BCUT2D eigenvalue weighted by Crippen LogP contribution is 2.30. The molecule has 0 unspecified atom stereocenters. The van der Waals surface area contributed by atoms with Crippen LogP contribution in [0.3, 0.4) is 0 Å². The van der Waals surface area contributed by atoms with Gasteiger partial charge in [-0.3, -0.25) is 24.0 Å². The van der Waals surface area contributed by atoms with Gasteiger partial charge in [0.2, 0.25) is 29.5 Å². The third-order valence-corrected chi connectivity index (χ3v) is 12.2. The molecule has 55 heavy (non-hydrogen) atoms. The van der Waals surface area contributed by atoms with Crippen LogP contribution in [0.1, 0.15) is 145 Å². The number of nitrogens with one attached hydrogen (secondary N) is 5. The molecule has 15 heteroatoms. The van der Waals surface area contributed by atoms with Crippen molar-refractivity contribution in [1.29, 1.82) is 0 Å². The molecule has 0 saturated carbocycles. The molecule has 0 fully saturated rings. The molecule has 15 nitrogen and oxygen atoms in total. The molecule has 0 rings (SSSR count). The minimum atomic E-state index is -1.61.